The maximum absolute atomic E-state index is 13.7. The van der Waals surface area contributed by atoms with Crippen LogP contribution in [-0.4, -0.2) is 6.54 Å². The van der Waals surface area contributed by atoms with Crippen molar-refractivity contribution in [3.63, 3.8) is 0 Å². The molecule has 3 rings (SSSR count). The van der Waals surface area contributed by atoms with E-state index in [1.165, 1.54) is 25.7 Å². The summed E-state index contributed by atoms with van der Waals surface area (Å²) < 4.78 is 13.7. The molecule has 0 heterocycles. The number of fused-ring (bicyclic) bond motifs is 1. The molecule has 2 aliphatic rings. The van der Waals surface area contributed by atoms with Crippen LogP contribution in [0.5, 0.6) is 0 Å². The number of rotatable bonds is 5. The Hall–Kier alpha value is -0.890. The smallest absolute Gasteiger partial charge is 0.123 e. The van der Waals surface area contributed by atoms with Gasteiger partial charge < -0.3 is 5.32 Å². The van der Waals surface area contributed by atoms with Gasteiger partial charge in [0.15, 0.2) is 0 Å². The highest BCUT2D eigenvalue weighted by molar-refractivity contribution is 5.29. The Labute approximate surface area is 122 Å². The van der Waals surface area contributed by atoms with Crippen molar-refractivity contribution in [2.75, 3.05) is 6.54 Å². The van der Waals surface area contributed by atoms with Crippen LogP contribution in [0.4, 0.5) is 4.39 Å². The Kier molecular flexibility index (Phi) is 4.11. The minimum Gasteiger partial charge on any atom is -0.310 e. The first kappa shape index (κ1) is 14.1. The van der Waals surface area contributed by atoms with Crippen molar-refractivity contribution in [1.82, 2.24) is 5.32 Å². The van der Waals surface area contributed by atoms with Gasteiger partial charge in [-0.1, -0.05) is 25.8 Å². The lowest BCUT2D eigenvalue weighted by molar-refractivity contribution is 0.443. The van der Waals surface area contributed by atoms with E-state index in [9.17, 15) is 4.39 Å². The van der Waals surface area contributed by atoms with Gasteiger partial charge in [-0.05, 0) is 73.7 Å². The van der Waals surface area contributed by atoms with E-state index in [1.807, 2.05) is 6.92 Å². The molecule has 1 aromatic rings. The average Bonchev–Trinajstić information content (AvgIpc) is 3.13. The molecule has 2 saturated carbocycles. The third kappa shape index (κ3) is 2.76. The molecule has 20 heavy (non-hydrogen) atoms. The SMILES string of the molecule is CCCNC(c1cc(C)cc(F)c1)C1C2CCCCC21. The van der Waals surface area contributed by atoms with Gasteiger partial charge in [0.05, 0.1) is 0 Å². The van der Waals surface area contributed by atoms with E-state index in [0.29, 0.717) is 6.04 Å². The monoisotopic (exact) mass is 275 g/mol. The van der Waals surface area contributed by atoms with Gasteiger partial charge in [-0.2, -0.15) is 0 Å². The molecule has 1 nitrogen and oxygen atoms in total. The van der Waals surface area contributed by atoms with Crippen LogP contribution in [0.15, 0.2) is 18.2 Å². The minimum atomic E-state index is -0.0908. The van der Waals surface area contributed by atoms with Crippen molar-refractivity contribution < 1.29 is 4.39 Å². The number of benzene rings is 1. The van der Waals surface area contributed by atoms with Crippen LogP contribution in [0.3, 0.4) is 0 Å². The fourth-order valence-corrected chi connectivity index (χ4v) is 4.26. The van der Waals surface area contributed by atoms with E-state index < -0.39 is 0 Å². The van der Waals surface area contributed by atoms with Gasteiger partial charge in [-0.15, -0.1) is 0 Å². The summed E-state index contributed by atoms with van der Waals surface area (Å²) in [4.78, 5) is 0. The topological polar surface area (TPSA) is 12.0 Å². The number of nitrogens with one attached hydrogen (secondary N) is 1. The van der Waals surface area contributed by atoms with Crippen LogP contribution in [0, 0.1) is 30.5 Å². The molecule has 110 valence electrons. The normalized spacial score (nSPS) is 29.9. The van der Waals surface area contributed by atoms with Gasteiger partial charge in [0.2, 0.25) is 0 Å². The standard InChI is InChI=1S/C18H26FN/c1-3-8-20-18(13-9-12(2)10-14(19)11-13)17-15-6-4-5-7-16(15)17/h9-11,15-18,20H,3-8H2,1-2H3. The summed E-state index contributed by atoms with van der Waals surface area (Å²) >= 11 is 0. The zero-order chi connectivity index (χ0) is 14.1. The van der Waals surface area contributed by atoms with Crippen LogP contribution in [0.2, 0.25) is 0 Å². The maximum atomic E-state index is 13.7. The van der Waals surface area contributed by atoms with Crippen LogP contribution < -0.4 is 5.32 Å². The quantitative estimate of drug-likeness (QED) is 0.827. The Bertz CT molecular complexity index is 438. The molecule has 0 aliphatic heterocycles. The molecule has 3 unspecified atom stereocenters. The highest BCUT2D eigenvalue weighted by Gasteiger charge is 2.54. The molecular formula is C18H26FN. The fraction of sp³-hybridized carbons (Fsp3) is 0.667. The molecule has 0 saturated heterocycles. The molecule has 0 radical (unpaired) electrons. The van der Waals surface area contributed by atoms with Gasteiger partial charge in [0, 0.05) is 6.04 Å². The minimum absolute atomic E-state index is 0.0908. The van der Waals surface area contributed by atoms with E-state index in [1.54, 1.807) is 12.1 Å². The second-order valence-corrected chi connectivity index (χ2v) is 6.68. The summed E-state index contributed by atoms with van der Waals surface area (Å²) in [7, 11) is 0. The molecule has 0 aromatic heterocycles. The van der Waals surface area contributed by atoms with E-state index in [2.05, 4.69) is 18.3 Å². The van der Waals surface area contributed by atoms with Crippen molar-refractivity contribution in [2.45, 2.75) is 52.0 Å². The number of halogens is 1. The predicted octanol–water partition coefficient (Wildman–Crippen LogP) is 4.61. The van der Waals surface area contributed by atoms with Crippen molar-refractivity contribution in [2.24, 2.45) is 17.8 Å². The zero-order valence-corrected chi connectivity index (χ0v) is 12.7. The second kappa shape index (κ2) is 5.85. The highest BCUT2D eigenvalue weighted by atomic mass is 19.1. The van der Waals surface area contributed by atoms with Crippen LogP contribution in [0.25, 0.3) is 0 Å². The van der Waals surface area contributed by atoms with E-state index in [0.717, 1.165) is 41.8 Å². The van der Waals surface area contributed by atoms with E-state index >= 15 is 0 Å². The van der Waals surface area contributed by atoms with E-state index in [-0.39, 0.29) is 5.82 Å². The van der Waals surface area contributed by atoms with E-state index in [4.69, 9.17) is 0 Å². The maximum Gasteiger partial charge on any atom is 0.123 e. The number of hydrogen-bond donors (Lipinski definition) is 1. The van der Waals surface area contributed by atoms with Crippen molar-refractivity contribution in [1.29, 1.82) is 0 Å². The predicted molar refractivity (Wildman–Crippen MR) is 81.1 cm³/mol. The van der Waals surface area contributed by atoms with Gasteiger partial charge in [-0.25, -0.2) is 4.39 Å². The highest BCUT2D eigenvalue weighted by Crippen LogP contribution is 2.60. The molecule has 0 spiro atoms. The van der Waals surface area contributed by atoms with Gasteiger partial charge in [0.25, 0.3) is 0 Å². The van der Waals surface area contributed by atoms with Crippen LogP contribution in [0.1, 0.15) is 56.2 Å². The first-order valence-corrected chi connectivity index (χ1v) is 8.21. The van der Waals surface area contributed by atoms with Crippen molar-refractivity contribution in [3.8, 4) is 0 Å². The third-order valence-corrected chi connectivity index (χ3v) is 5.15. The van der Waals surface area contributed by atoms with Gasteiger partial charge in [-0.3, -0.25) is 0 Å². The molecule has 0 bridgehead atoms. The third-order valence-electron chi connectivity index (χ3n) is 5.15. The lowest BCUT2D eigenvalue weighted by atomic mass is 9.97. The van der Waals surface area contributed by atoms with Gasteiger partial charge >= 0.3 is 0 Å². The molecule has 2 aliphatic carbocycles. The van der Waals surface area contributed by atoms with Crippen molar-refractivity contribution in [3.05, 3.63) is 35.1 Å². The Morgan fingerprint density at radius 1 is 1.20 bits per heavy atom. The molecule has 2 heteroatoms. The summed E-state index contributed by atoms with van der Waals surface area (Å²) in [6, 6.07) is 5.89. The first-order valence-electron chi connectivity index (χ1n) is 8.21. The van der Waals surface area contributed by atoms with Crippen molar-refractivity contribution >= 4 is 0 Å². The lowest BCUT2D eigenvalue weighted by Crippen LogP contribution is -2.25. The summed E-state index contributed by atoms with van der Waals surface area (Å²) in [5.74, 6) is 2.43. The van der Waals surface area contributed by atoms with Crippen LogP contribution >= 0.6 is 0 Å². The zero-order valence-electron chi connectivity index (χ0n) is 12.7. The average molecular weight is 275 g/mol. The second-order valence-electron chi connectivity index (χ2n) is 6.68. The first-order chi connectivity index (χ1) is 9.70. The summed E-state index contributed by atoms with van der Waals surface area (Å²) in [5.41, 5.74) is 2.20. The summed E-state index contributed by atoms with van der Waals surface area (Å²) in [6.07, 6.45) is 6.68. The summed E-state index contributed by atoms with van der Waals surface area (Å²) in [5, 5.41) is 3.69. The Morgan fingerprint density at radius 3 is 2.50 bits per heavy atom. The lowest BCUT2D eigenvalue weighted by Gasteiger charge is -2.20. The molecule has 1 N–H and O–H groups in total. The molecule has 2 fully saturated rings. The molecule has 1 aromatic carbocycles. The molecular weight excluding hydrogens is 249 g/mol. The van der Waals surface area contributed by atoms with Gasteiger partial charge in [0.1, 0.15) is 5.82 Å². The Morgan fingerprint density at radius 2 is 1.90 bits per heavy atom. The largest absolute Gasteiger partial charge is 0.310 e. The molecule has 0 amide bonds. The number of hydrogen-bond acceptors (Lipinski definition) is 1. The Balaban J connectivity index is 1.82. The fourth-order valence-electron chi connectivity index (χ4n) is 4.26. The molecule has 3 atom stereocenters. The summed E-state index contributed by atoms with van der Waals surface area (Å²) in [6.45, 7) is 5.21. The number of aryl methyl sites for hydroxylation is 1. The van der Waals surface area contributed by atoms with Crippen LogP contribution in [-0.2, 0) is 0 Å².